The van der Waals surface area contributed by atoms with Gasteiger partial charge in [0.25, 0.3) is 0 Å². The van der Waals surface area contributed by atoms with Crippen molar-refractivity contribution in [3.8, 4) is 0 Å². The van der Waals surface area contributed by atoms with E-state index in [2.05, 4.69) is 5.32 Å². The molecule has 1 aliphatic carbocycles. The second-order valence-corrected chi connectivity index (χ2v) is 4.08. The fraction of sp³-hybridized carbons (Fsp3) is 0.727. The zero-order chi connectivity index (χ0) is 11.3. The number of carbonyl (C=O) groups is 1. The van der Waals surface area contributed by atoms with Crippen LogP contribution >= 0.6 is 0 Å². The molecule has 0 spiro atoms. The van der Waals surface area contributed by atoms with E-state index in [9.17, 15) is 15.0 Å². The number of allylic oxidation sites excluding steroid dienone is 2. The second kappa shape index (κ2) is 5.28. The minimum Gasteiger partial charge on any atom is -0.394 e. The molecule has 0 aliphatic heterocycles. The molecular weight excluding hydrogens is 194 g/mol. The second-order valence-electron chi connectivity index (χ2n) is 4.08. The normalized spacial score (nSPS) is 17.0. The Labute approximate surface area is 90.0 Å². The van der Waals surface area contributed by atoms with Crippen LogP contribution in [-0.4, -0.2) is 34.9 Å². The average Bonchev–Trinajstić information content (AvgIpc) is 2.79. The van der Waals surface area contributed by atoms with Crippen LogP contribution in [-0.2, 0) is 4.79 Å². The Balaban J connectivity index is 2.54. The number of amides is 1. The minimum atomic E-state index is -0.861. The first-order valence-corrected chi connectivity index (χ1v) is 5.36. The molecule has 4 heteroatoms. The third-order valence-corrected chi connectivity index (χ3v) is 3.05. The average molecular weight is 213 g/mol. The molecule has 3 N–H and O–H groups in total. The molecule has 1 aliphatic rings. The van der Waals surface area contributed by atoms with Crippen molar-refractivity contribution < 1.29 is 15.0 Å². The maximum Gasteiger partial charge on any atom is 0.224 e. The summed E-state index contributed by atoms with van der Waals surface area (Å²) in [6, 6.07) is 0. The highest BCUT2D eigenvalue weighted by Gasteiger charge is 2.31. The SMILES string of the molecule is CCC(CO)(CO)NC(=O)C1CC=CC1. The maximum absolute atomic E-state index is 11.8. The van der Waals surface area contributed by atoms with E-state index in [0.717, 1.165) is 12.8 Å². The van der Waals surface area contributed by atoms with Crippen molar-refractivity contribution in [2.75, 3.05) is 13.2 Å². The Hall–Kier alpha value is -0.870. The Bertz CT molecular complexity index is 230. The van der Waals surface area contributed by atoms with Crippen LogP contribution in [0.2, 0.25) is 0 Å². The fourth-order valence-corrected chi connectivity index (χ4v) is 1.64. The van der Waals surface area contributed by atoms with Gasteiger partial charge in [0.05, 0.1) is 18.8 Å². The van der Waals surface area contributed by atoms with Gasteiger partial charge in [-0.3, -0.25) is 4.79 Å². The Morgan fingerprint density at radius 3 is 2.33 bits per heavy atom. The smallest absolute Gasteiger partial charge is 0.224 e. The summed E-state index contributed by atoms with van der Waals surface area (Å²) in [5.74, 6) is -0.112. The van der Waals surface area contributed by atoms with E-state index in [1.54, 1.807) is 0 Å². The van der Waals surface area contributed by atoms with Crippen molar-refractivity contribution in [1.82, 2.24) is 5.32 Å². The number of aliphatic hydroxyl groups excluding tert-OH is 2. The summed E-state index contributed by atoms with van der Waals surface area (Å²) in [6.45, 7) is 1.37. The number of aliphatic hydroxyl groups is 2. The van der Waals surface area contributed by atoms with Crippen LogP contribution in [0.1, 0.15) is 26.2 Å². The van der Waals surface area contributed by atoms with Crippen molar-refractivity contribution >= 4 is 5.91 Å². The van der Waals surface area contributed by atoms with Crippen molar-refractivity contribution in [3.05, 3.63) is 12.2 Å². The fourth-order valence-electron chi connectivity index (χ4n) is 1.64. The van der Waals surface area contributed by atoms with Crippen molar-refractivity contribution in [1.29, 1.82) is 0 Å². The molecule has 15 heavy (non-hydrogen) atoms. The first-order chi connectivity index (χ1) is 7.17. The lowest BCUT2D eigenvalue weighted by atomic mass is 9.96. The van der Waals surface area contributed by atoms with E-state index in [4.69, 9.17) is 0 Å². The van der Waals surface area contributed by atoms with Gasteiger partial charge in [0.1, 0.15) is 0 Å². The van der Waals surface area contributed by atoms with Gasteiger partial charge in [-0.25, -0.2) is 0 Å². The Morgan fingerprint density at radius 2 is 1.93 bits per heavy atom. The highest BCUT2D eigenvalue weighted by atomic mass is 16.3. The summed E-state index contributed by atoms with van der Waals surface area (Å²) in [5, 5.41) is 21.1. The molecule has 1 rings (SSSR count). The molecule has 0 atom stereocenters. The molecule has 1 amide bonds. The summed E-state index contributed by atoms with van der Waals surface area (Å²) in [5.41, 5.74) is -0.861. The number of hydrogen-bond donors (Lipinski definition) is 3. The van der Waals surface area contributed by atoms with Gasteiger partial charge in [0.15, 0.2) is 0 Å². The van der Waals surface area contributed by atoms with Crippen LogP contribution in [0.15, 0.2) is 12.2 Å². The van der Waals surface area contributed by atoms with Gasteiger partial charge in [0.2, 0.25) is 5.91 Å². The van der Waals surface area contributed by atoms with Crippen molar-refractivity contribution in [2.45, 2.75) is 31.7 Å². The topological polar surface area (TPSA) is 69.6 Å². The van der Waals surface area contributed by atoms with Gasteiger partial charge in [-0.05, 0) is 19.3 Å². The molecule has 0 heterocycles. The molecule has 0 fully saturated rings. The van der Waals surface area contributed by atoms with E-state index < -0.39 is 5.54 Å². The van der Waals surface area contributed by atoms with Gasteiger partial charge in [0, 0.05) is 5.92 Å². The molecule has 0 aromatic carbocycles. The third-order valence-electron chi connectivity index (χ3n) is 3.05. The van der Waals surface area contributed by atoms with Gasteiger partial charge in [-0.1, -0.05) is 19.1 Å². The molecule has 0 radical (unpaired) electrons. The Morgan fingerprint density at radius 1 is 1.40 bits per heavy atom. The lowest BCUT2D eigenvalue weighted by molar-refractivity contribution is -0.128. The third kappa shape index (κ3) is 2.79. The summed E-state index contributed by atoms with van der Waals surface area (Å²) in [7, 11) is 0. The first-order valence-electron chi connectivity index (χ1n) is 5.36. The van der Waals surface area contributed by atoms with Crippen LogP contribution in [0, 0.1) is 5.92 Å². The number of hydrogen-bond acceptors (Lipinski definition) is 3. The minimum absolute atomic E-state index is 0.0333. The molecule has 4 nitrogen and oxygen atoms in total. The molecule has 0 aromatic rings. The molecule has 0 bridgehead atoms. The summed E-state index contributed by atoms with van der Waals surface area (Å²) < 4.78 is 0. The zero-order valence-corrected chi connectivity index (χ0v) is 9.07. The monoisotopic (exact) mass is 213 g/mol. The Kier molecular flexibility index (Phi) is 4.29. The lowest BCUT2D eigenvalue weighted by Crippen LogP contribution is -2.55. The van der Waals surface area contributed by atoms with Crippen molar-refractivity contribution in [3.63, 3.8) is 0 Å². The molecule has 0 aromatic heterocycles. The van der Waals surface area contributed by atoms with Crippen molar-refractivity contribution in [2.24, 2.45) is 5.92 Å². The highest BCUT2D eigenvalue weighted by molar-refractivity contribution is 5.80. The number of rotatable bonds is 5. The van der Waals surface area contributed by atoms with E-state index in [0.29, 0.717) is 6.42 Å². The molecular formula is C11H19NO3. The molecule has 0 saturated carbocycles. The largest absolute Gasteiger partial charge is 0.394 e. The maximum atomic E-state index is 11.8. The van der Waals surface area contributed by atoms with E-state index in [1.807, 2.05) is 19.1 Å². The lowest BCUT2D eigenvalue weighted by Gasteiger charge is -2.30. The highest BCUT2D eigenvalue weighted by Crippen LogP contribution is 2.19. The first kappa shape index (κ1) is 12.2. The van der Waals surface area contributed by atoms with E-state index in [1.165, 1.54) is 0 Å². The quantitative estimate of drug-likeness (QED) is 0.571. The van der Waals surface area contributed by atoms with Crippen LogP contribution in [0.4, 0.5) is 0 Å². The van der Waals surface area contributed by atoms with E-state index in [-0.39, 0.29) is 25.0 Å². The predicted octanol–water partition coefficient (Wildman–Crippen LogP) is 0.202. The standard InChI is InChI=1S/C11H19NO3/c1-2-11(7-13,8-14)12-10(15)9-5-3-4-6-9/h3-4,9,13-14H,2,5-8H2,1H3,(H,12,15). The predicted molar refractivity (Wildman–Crippen MR) is 57.2 cm³/mol. The zero-order valence-electron chi connectivity index (χ0n) is 9.07. The van der Waals surface area contributed by atoms with Gasteiger partial charge < -0.3 is 15.5 Å². The summed E-state index contributed by atoms with van der Waals surface area (Å²) in [4.78, 5) is 11.8. The van der Waals surface area contributed by atoms with Gasteiger partial charge in [-0.2, -0.15) is 0 Å². The van der Waals surface area contributed by atoms with Gasteiger partial charge >= 0.3 is 0 Å². The van der Waals surface area contributed by atoms with E-state index >= 15 is 0 Å². The van der Waals surface area contributed by atoms with Gasteiger partial charge in [-0.15, -0.1) is 0 Å². The van der Waals surface area contributed by atoms with Crippen LogP contribution < -0.4 is 5.32 Å². The molecule has 0 unspecified atom stereocenters. The number of nitrogens with one attached hydrogen (secondary N) is 1. The van der Waals surface area contributed by atoms with Crippen LogP contribution in [0.25, 0.3) is 0 Å². The summed E-state index contributed by atoms with van der Waals surface area (Å²) in [6.07, 6.45) is 5.99. The molecule has 86 valence electrons. The molecule has 0 saturated heterocycles. The van der Waals surface area contributed by atoms with Crippen LogP contribution in [0.5, 0.6) is 0 Å². The summed E-state index contributed by atoms with van der Waals surface area (Å²) >= 11 is 0. The van der Waals surface area contributed by atoms with Crippen LogP contribution in [0.3, 0.4) is 0 Å². The number of carbonyl (C=O) groups excluding carboxylic acids is 1.